The number of likely N-dealkylation sites (N-methyl/N-ethyl adjacent to an activating group) is 1. The Morgan fingerprint density at radius 1 is 1.43 bits per heavy atom. The van der Waals surface area contributed by atoms with Crippen molar-refractivity contribution in [3.05, 3.63) is 0 Å². The molecule has 0 aliphatic heterocycles. The van der Waals surface area contributed by atoms with E-state index in [2.05, 4.69) is 4.90 Å². The van der Waals surface area contributed by atoms with Crippen molar-refractivity contribution in [3.8, 4) is 0 Å². The first-order chi connectivity index (χ1) is 6.38. The number of hydrogen-bond acceptors (Lipinski definition) is 3. The highest BCUT2D eigenvalue weighted by Gasteiger charge is 2.25. The van der Waals surface area contributed by atoms with Gasteiger partial charge >= 0.3 is 0 Å². The quantitative estimate of drug-likeness (QED) is 0.742. The maximum atomic E-state index is 11.0. The normalized spacial score (nSPS) is 20.5. The van der Waals surface area contributed by atoms with Crippen molar-refractivity contribution in [2.24, 2.45) is 0 Å². The molecule has 1 rings (SSSR count). The minimum absolute atomic E-state index is 0.387. The Balaban J connectivity index is 2.38. The van der Waals surface area contributed by atoms with Gasteiger partial charge in [0, 0.05) is 25.4 Å². The van der Waals surface area contributed by atoms with Crippen molar-refractivity contribution < 1.29 is 9.90 Å². The van der Waals surface area contributed by atoms with E-state index in [4.69, 9.17) is 0 Å². The van der Waals surface area contributed by atoms with Crippen LogP contribution < -0.4 is 0 Å². The molecule has 0 aromatic heterocycles. The topological polar surface area (TPSA) is 40.5 Å². The zero-order valence-electron chi connectivity index (χ0n) is 9.42. The molecule has 0 saturated heterocycles. The maximum absolute atomic E-state index is 11.0. The molecular formula is C11H21NO2. The van der Waals surface area contributed by atoms with E-state index < -0.39 is 5.60 Å². The number of rotatable bonds is 3. The van der Waals surface area contributed by atoms with Gasteiger partial charge in [-0.1, -0.05) is 0 Å². The van der Waals surface area contributed by atoms with E-state index in [0.717, 1.165) is 12.8 Å². The molecule has 3 nitrogen and oxygen atoms in total. The third-order valence-electron chi connectivity index (χ3n) is 2.77. The van der Waals surface area contributed by atoms with E-state index >= 15 is 0 Å². The van der Waals surface area contributed by atoms with Crippen LogP contribution in [0.25, 0.3) is 0 Å². The molecule has 0 heterocycles. The molecule has 82 valence electrons. The fourth-order valence-corrected chi connectivity index (χ4v) is 2.10. The summed E-state index contributed by atoms with van der Waals surface area (Å²) in [5, 5.41) is 9.66. The zero-order valence-corrected chi connectivity index (χ0v) is 9.42. The summed E-state index contributed by atoms with van der Waals surface area (Å²) in [4.78, 5) is 13.2. The van der Waals surface area contributed by atoms with Gasteiger partial charge in [0.05, 0.1) is 5.60 Å². The highest BCUT2D eigenvalue weighted by atomic mass is 16.3. The summed E-state index contributed by atoms with van der Waals surface area (Å²) in [6, 6.07) is 0.471. The zero-order chi connectivity index (χ0) is 10.8. The van der Waals surface area contributed by atoms with Crippen LogP contribution in [-0.2, 0) is 4.79 Å². The van der Waals surface area contributed by atoms with E-state index in [-0.39, 0.29) is 0 Å². The van der Waals surface area contributed by atoms with E-state index in [9.17, 15) is 9.90 Å². The Hall–Kier alpha value is -0.410. The van der Waals surface area contributed by atoms with Crippen LogP contribution in [0, 0.1) is 0 Å². The molecule has 1 aliphatic carbocycles. The largest absolute Gasteiger partial charge is 0.389 e. The number of ketones is 1. The average molecular weight is 199 g/mol. The number of hydrogen-bond donors (Lipinski definition) is 1. The van der Waals surface area contributed by atoms with Crippen LogP contribution in [0.4, 0.5) is 0 Å². The molecule has 1 saturated carbocycles. The van der Waals surface area contributed by atoms with Crippen LogP contribution in [0.2, 0.25) is 0 Å². The molecule has 0 aromatic rings. The molecule has 0 bridgehead atoms. The highest BCUT2D eigenvalue weighted by molar-refractivity contribution is 5.79. The smallest absolute Gasteiger partial charge is 0.133 e. The number of carbonyl (C=O) groups excluding carboxylic acids is 1. The third-order valence-corrected chi connectivity index (χ3v) is 2.77. The van der Waals surface area contributed by atoms with Crippen LogP contribution in [0.15, 0.2) is 0 Å². The third kappa shape index (κ3) is 3.76. The standard InChI is InChI=1S/C11H21NO2/c1-11(2,14)8-12(3)9-4-6-10(13)7-5-9/h9,14H,4-8H2,1-3H3. The number of nitrogens with zero attached hydrogens (tertiary/aromatic N) is 1. The average Bonchev–Trinajstić information content (AvgIpc) is 2.02. The summed E-state index contributed by atoms with van der Waals surface area (Å²) < 4.78 is 0. The molecule has 0 unspecified atom stereocenters. The predicted molar refractivity (Wildman–Crippen MR) is 56.2 cm³/mol. The SMILES string of the molecule is CN(CC(C)(C)O)C1CCC(=O)CC1. The second kappa shape index (κ2) is 4.41. The van der Waals surface area contributed by atoms with Gasteiger partial charge in [-0.3, -0.25) is 4.79 Å². The van der Waals surface area contributed by atoms with Crippen molar-refractivity contribution in [2.45, 2.75) is 51.2 Å². The second-order valence-electron chi connectivity index (χ2n) is 5.00. The van der Waals surface area contributed by atoms with E-state index in [1.807, 2.05) is 20.9 Å². The van der Waals surface area contributed by atoms with Crippen LogP contribution in [-0.4, -0.2) is 41.0 Å². The Morgan fingerprint density at radius 3 is 2.36 bits per heavy atom. The minimum Gasteiger partial charge on any atom is -0.389 e. The molecule has 0 radical (unpaired) electrons. The Kier molecular flexibility index (Phi) is 3.67. The summed E-state index contributed by atoms with van der Waals surface area (Å²) in [7, 11) is 2.03. The van der Waals surface area contributed by atoms with Gasteiger partial charge < -0.3 is 10.0 Å². The molecule has 1 aliphatic rings. The summed E-state index contributed by atoms with van der Waals surface area (Å²) >= 11 is 0. The number of aliphatic hydroxyl groups is 1. The predicted octanol–water partition coefficient (Wildman–Crippen LogP) is 1.20. The van der Waals surface area contributed by atoms with Gasteiger partial charge in [0.1, 0.15) is 5.78 Å². The maximum Gasteiger partial charge on any atom is 0.133 e. The van der Waals surface area contributed by atoms with Gasteiger partial charge in [-0.15, -0.1) is 0 Å². The summed E-state index contributed by atoms with van der Waals surface area (Å²) in [6.45, 7) is 4.31. The molecule has 1 fully saturated rings. The van der Waals surface area contributed by atoms with Crippen LogP contribution in [0.1, 0.15) is 39.5 Å². The Morgan fingerprint density at radius 2 is 1.93 bits per heavy atom. The lowest BCUT2D eigenvalue weighted by Gasteiger charge is -2.34. The molecule has 0 spiro atoms. The first-order valence-corrected chi connectivity index (χ1v) is 5.33. The van der Waals surface area contributed by atoms with Crippen molar-refractivity contribution >= 4 is 5.78 Å². The number of carbonyl (C=O) groups is 1. The lowest BCUT2D eigenvalue weighted by atomic mass is 9.92. The Labute approximate surface area is 86.1 Å². The molecular weight excluding hydrogens is 178 g/mol. The molecule has 3 heteroatoms. The fourth-order valence-electron chi connectivity index (χ4n) is 2.10. The summed E-state index contributed by atoms with van der Waals surface area (Å²) in [5.74, 6) is 0.387. The van der Waals surface area contributed by atoms with Crippen molar-refractivity contribution in [1.82, 2.24) is 4.90 Å². The molecule has 0 atom stereocenters. The van der Waals surface area contributed by atoms with Gasteiger partial charge in [0.25, 0.3) is 0 Å². The van der Waals surface area contributed by atoms with Crippen LogP contribution in [0.5, 0.6) is 0 Å². The molecule has 14 heavy (non-hydrogen) atoms. The monoisotopic (exact) mass is 199 g/mol. The lowest BCUT2D eigenvalue weighted by molar-refractivity contribution is -0.121. The molecule has 1 N–H and O–H groups in total. The Bertz CT molecular complexity index is 198. The fraction of sp³-hybridized carbons (Fsp3) is 0.909. The highest BCUT2D eigenvalue weighted by Crippen LogP contribution is 2.20. The van der Waals surface area contributed by atoms with Gasteiger partial charge in [-0.05, 0) is 33.7 Å². The van der Waals surface area contributed by atoms with Crippen LogP contribution in [0.3, 0.4) is 0 Å². The van der Waals surface area contributed by atoms with Crippen molar-refractivity contribution in [2.75, 3.05) is 13.6 Å². The van der Waals surface area contributed by atoms with Crippen molar-refractivity contribution in [1.29, 1.82) is 0 Å². The summed E-state index contributed by atoms with van der Waals surface area (Å²) in [5.41, 5.74) is -0.643. The van der Waals surface area contributed by atoms with Gasteiger partial charge in [-0.2, -0.15) is 0 Å². The summed E-state index contributed by atoms with van der Waals surface area (Å²) in [6.07, 6.45) is 3.32. The van der Waals surface area contributed by atoms with Gasteiger partial charge in [0.15, 0.2) is 0 Å². The second-order valence-corrected chi connectivity index (χ2v) is 5.00. The lowest BCUT2D eigenvalue weighted by Crippen LogP contribution is -2.43. The first-order valence-electron chi connectivity index (χ1n) is 5.33. The van der Waals surface area contributed by atoms with E-state index in [0.29, 0.717) is 31.2 Å². The van der Waals surface area contributed by atoms with Gasteiger partial charge in [0.2, 0.25) is 0 Å². The minimum atomic E-state index is -0.643. The first kappa shape index (κ1) is 11.7. The van der Waals surface area contributed by atoms with Gasteiger partial charge in [-0.25, -0.2) is 0 Å². The van der Waals surface area contributed by atoms with Crippen LogP contribution >= 0.6 is 0 Å². The van der Waals surface area contributed by atoms with E-state index in [1.165, 1.54) is 0 Å². The van der Waals surface area contributed by atoms with Crippen molar-refractivity contribution in [3.63, 3.8) is 0 Å². The molecule has 0 aromatic carbocycles. The molecule has 0 amide bonds. The number of Topliss-reactive ketones (excluding diaryl/α,β-unsaturated/α-hetero) is 1. The van der Waals surface area contributed by atoms with E-state index in [1.54, 1.807) is 0 Å².